The van der Waals surface area contributed by atoms with E-state index in [1.165, 1.54) is 12.1 Å². The first-order valence-electron chi connectivity index (χ1n) is 13.2. The number of amides is 2. The van der Waals surface area contributed by atoms with Crippen LogP contribution < -0.4 is 10.2 Å². The van der Waals surface area contributed by atoms with Gasteiger partial charge in [0.05, 0.1) is 13.1 Å². The number of benzene rings is 2. The zero-order valence-corrected chi connectivity index (χ0v) is 22.1. The molecule has 0 fully saturated rings. The van der Waals surface area contributed by atoms with E-state index in [1.54, 1.807) is 23.0 Å². The van der Waals surface area contributed by atoms with E-state index in [9.17, 15) is 18.8 Å². The monoisotopic (exact) mass is 508 g/mol. The van der Waals surface area contributed by atoms with Crippen LogP contribution in [0.25, 0.3) is 0 Å². The summed E-state index contributed by atoms with van der Waals surface area (Å²) in [6, 6.07) is 8.58. The minimum absolute atomic E-state index is 0.0188. The van der Waals surface area contributed by atoms with E-state index in [4.69, 9.17) is 0 Å². The third-order valence-electron chi connectivity index (χ3n) is 7.34. The second-order valence-electron chi connectivity index (χ2n) is 10.1. The highest BCUT2D eigenvalue weighted by molar-refractivity contribution is 6.00. The van der Waals surface area contributed by atoms with E-state index in [-0.39, 0.29) is 36.5 Å². The Morgan fingerprint density at radius 2 is 1.81 bits per heavy atom. The topological polar surface area (TPSA) is 73.0 Å². The highest BCUT2D eigenvalue weighted by Crippen LogP contribution is 2.30. The largest absolute Gasteiger partial charge is 0.355 e. The predicted molar refractivity (Wildman–Crippen MR) is 142 cm³/mol. The van der Waals surface area contributed by atoms with Crippen LogP contribution in [-0.2, 0) is 29.1 Å². The smallest absolute Gasteiger partial charge is 0.256 e. The van der Waals surface area contributed by atoms with Gasteiger partial charge in [-0.1, -0.05) is 31.9 Å². The van der Waals surface area contributed by atoms with E-state index in [0.29, 0.717) is 31.6 Å². The van der Waals surface area contributed by atoms with Crippen LogP contribution in [0.3, 0.4) is 0 Å². The summed E-state index contributed by atoms with van der Waals surface area (Å²) in [4.78, 5) is 40.7. The van der Waals surface area contributed by atoms with Gasteiger partial charge in [0.1, 0.15) is 5.82 Å². The van der Waals surface area contributed by atoms with Crippen molar-refractivity contribution in [3.05, 3.63) is 64.0 Å². The molecule has 1 aliphatic heterocycles. The lowest BCUT2D eigenvalue weighted by Gasteiger charge is -2.32. The number of carbonyl (C=O) groups is 3. The molecule has 0 bridgehead atoms. The van der Waals surface area contributed by atoms with Gasteiger partial charge in [0.2, 0.25) is 5.91 Å². The van der Waals surface area contributed by atoms with Gasteiger partial charge in [-0.15, -0.1) is 0 Å². The molecule has 0 saturated carbocycles. The number of likely N-dealkylation sites (N-methyl/N-ethyl adjacent to an activating group) is 1. The minimum atomic E-state index is -0.289. The summed E-state index contributed by atoms with van der Waals surface area (Å²) in [6.45, 7) is 5.63. The Bertz CT molecular complexity index is 1180. The molecular weight excluding hydrogens is 471 g/mol. The molecule has 0 spiro atoms. The van der Waals surface area contributed by atoms with Gasteiger partial charge in [-0.2, -0.15) is 0 Å². The molecule has 37 heavy (non-hydrogen) atoms. The number of ketones is 1. The van der Waals surface area contributed by atoms with Crippen molar-refractivity contribution in [3.63, 3.8) is 0 Å². The Labute approximate surface area is 218 Å². The molecule has 4 rings (SSSR count). The molecule has 1 heterocycles. The first kappa shape index (κ1) is 26.8. The lowest BCUT2D eigenvalue weighted by Crippen LogP contribution is -2.48. The molecule has 2 aromatic rings. The number of hydrogen-bond acceptors (Lipinski definition) is 5. The number of carbonyl (C=O) groups excluding carboxylic acids is 3. The number of hydrazine groups is 1. The quantitative estimate of drug-likeness (QED) is 0.488. The van der Waals surface area contributed by atoms with Crippen LogP contribution >= 0.6 is 0 Å². The van der Waals surface area contributed by atoms with Crippen molar-refractivity contribution in [3.8, 4) is 0 Å². The van der Waals surface area contributed by atoms with E-state index in [1.807, 2.05) is 24.1 Å². The molecule has 0 unspecified atom stereocenters. The SMILES string of the molecule is CCCCCNC(=O)CN(CC(=O)N(C)N1Cc2ccc(F)cc2C1)c1cc2c(cc1C)CCCC2=O. The van der Waals surface area contributed by atoms with Crippen LogP contribution in [0, 0.1) is 12.7 Å². The third-order valence-corrected chi connectivity index (χ3v) is 7.34. The molecule has 1 N–H and O–H groups in total. The normalized spacial score (nSPS) is 14.8. The van der Waals surface area contributed by atoms with Crippen LogP contribution in [-0.4, -0.2) is 54.3 Å². The van der Waals surface area contributed by atoms with Crippen molar-refractivity contribution < 1.29 is 18.8 Å². The van der Waals surface area contributed by atoms with Gasteiger partial charge in [-0.3, -0.25) is 19.4 Å². The van der Waals surface area contributed by atoms with Gasteiger partial charge in [0.15, 0.2) is 5.78 Å². The Morgan fingerprint density at radius 1 is 1.03 bits per heavy atom. The maximum atomic E-state index is 13.7. The van der Waals surface area contributed by atoms with Crippen LogP contribution in [0.4, 0.5) is 10.1 Å². The number of nitrogens with zero attached hydrogens (tertiary/aromatic N) is 3. The highest BCUT2D eigenvalue weighted by Gasteiger charge is 2.28. The average Bonchev–Trinajstić information content (AvgIpc) is 3.29. The Morgan fingerprint density at radius 3 is 2.59 bits per heavy atom. The number of nitrogens with one attached hydrogen (secondary N) is 1. The molecular formula is C29H37FN4O3. The number of aryl methyl sites for hydroxylation is 2. The second kappa shape index (κ2) is 11.9. The summed E-state index contributed by atoms with van der Waals surface area (Å²) < 4.78 is 13.7. The van der Waals surface area contributed by atoms with E-state index in [2.05, 4.69) is 12.2 Å². The Kier molecular flexibility index (Phi) is 8.59. The number of hydrogen-bond donors (Lipinski definition) is 1. The number of rotatable bonds is 10. The molecule has 2 amide bonds. The molecule has 8 heteroatoms. The summed E-state index contributed by atoms with van der Waals surface area (Å²) in [5, 5.41) is 6.40. The molecule has 7 nitrogen and oxygen atoms in total. The van der Waals surface area contributed by atoms with E-state index in [0.717, 1.165) is 60.0 Å². The predicted octanol–water partition coefficient (Wildman–Crippen LogP) is 4.16. The molecule has 1 aliphatic carbocycles. The molecule has 0 radical (unpaired) electrons. The van der Waals surface area contributed by atoms with Gasteiger partial charge in [-0.25, -0.2) is 9.40 Å². The fourth-order valence-corrected chi connectivity index (χ4v) is 5.18. The first-order valence-corrected chi connectivity index (χ1v) is 13.2. The van der Waals surface area contributed by atoms with Crippen molar-refractivity contribution in [2.45, 2.75) is 65.5 Å². The standard InChI is InChI=1S/C29H37FN4O3/c1-4-5-6-12-31-28(36)18-33(26-15-25-21(13-20(26)2)8-7-9-27(25)35)19-29(37)32(3)34-16-22-10-11-24(30)14-23(22)17-34/h10-11,13-15H,4-9,12,16-19H2,1-3H3,(H,31,36). The number of halogens is 1. The van der Waals surface area contributed by atoms with Crippen LogP contribution in [0.2, 0.25) is 0 Å². The van der Waals surface area contributed by atoms with Crippen molar-refractivity contribution in [1.29, 1.82) is 0 Å². The van der Waals surface area contributed by atoms with Gasteiger partial charge >= 0.3 is 0 Å². The zero-order valence-electron chi connectivity index (χ0n) is 22.1. The number of anilines is 1. The van der Waals surface area contributed by atoms with Crippen LogP contribution in [0.15, 0.2) is 30.3 Å². The third kappa shape index (κ3) is 6.36. The lowest BCUT2D eigenvalue weighted by molar-refractivity contribution is -0.145. The highest BCUT2D eigenvalue weighted by atomic mass is 19.1. The summed E-state index contributed by atoms with van der Waals surface area (Å²) in [6.07, 6.45) is 5.25. The Hall–Kier alpha value is -3.26. The van der Waals surface area contributed by atoms with Crippen molar-refractivity contribution >= 4 is 23.3 Å². The summed E-state index contributed by atoms with van der Waals surface area (Å²) >= 11 is 0. The number of unbranched alkanes of at least 4 members (excludes halogenated alkanes) is 2. The van der Waals surface area contributed by atoms with Gasteiger partial charge in [0.25, 0.3) is 5.91 Å². The molecule has 0 saturated heterocycles. The summed E-state index contributed by atoms with van der Waals surface area (Å²) in [7, 11) is 1.71. The number of Topliss-reactive ketones (excluding diaryl/α,β-unsaturated/α-hetero) is 1. The van der Waals surface area contributed by atoms with E-state index < -0.39 is 0 Å². The fourth-order valence-electron chi connectivity index (χ4n) is 5.18. The second-order valence-corrected chi connectivity index (χ2v) is 10.1. The molecule has 2 aliphatic rings. The van der Waals surface area contributed by atoms with Gasteiger partial charge in [0, 0.05) is 44.4 Å². The van der Waals surface area contributed by atoms with Crippen molar-refractivity contribution in [2.75, 3.05) is 31.6 Å². The fraction of sp³-hybridized carbons (Fsp3) is 0.483. The van der Waals surface area contributed by atoms with Crippen LogP contribution in [0.1, 0.15) is 71.6 Å². The van der Waals surface area contributed by atoms with Crippen molar-refractivity contribution in [1.82, 2.24) is 15.3 Å². The van der Waals surface area contributed by atoms with Crippen LogP contribution in [0.5, 0.6) is 0 Å². The molecule has 0 aromatic heterocycles. The number of fused-ring (bicyclic) bond motifs is 2. The Balaban J connectivity index is 1.52. The average molecular weight is 509 g/mol. The van der Waals surface area contributed by atoms with Gasteiger partial charge < -0.3 is 10.2 Å². The molecule has 2 aromatic carbocycles. The minimum Gasteiger partial charge on any atom is -0.355 e. The maximum Gasteiger partial charge on any atom is 0.256 e. The molecule has 0 atom stereocenters. The summed E-state index contributed by atoms with van der Waals surface area (Å²) in [5.41, 5.74) is 5.25. The molecule has 198 valence electrons. The van der Waals surface area contributed by atoms with E-state index >= 15 is 0 Å². The zero-order chi connectivity index (χ0) is 26.5. The maximum absolute atomic E-state index is 13.7. The van der Waals surface area contributed by atoms with Gasteiger partial charge in [-0.05, 0) is 66.6 Å². The summed E-state index contributed by atoms with van der Waals surface area (Å²) in [5.74, 6) is -0.519. The van der Waals surface area contributed by atoms with Crippen molar-refractivity contribution in [2.24, 2.45) is 0 Å². The first-order chi connectivity index (χ1) is 17.8. The lowest BCUT2D eigenvalue weighted by atomic mass is 9.88.